The summed E-state index contributed by atoms with van der Waals surface area (Å²) in [4.78, 5) is 19.6. The minimum absolute atomic E-state index is 0.00463. The highest BCUT2D eigenvalue weighted by atomic mass is 32.2. The number of thiocarbonyl (C=S) groups is 1. The summed E-state index contributed by atoms with van der Waals surface area (Å²) in [7, 11) is -1.68. The van der Waals surface area contributed by atoms with Gasteiger partial charge < -0.3 is 15.8 Å². The Bertz CT molecular complexity index is 372. The molecule has 1 amide bonds. The predicted octanol–water partition coefficient (Wildman–Crippen LogP) is 0.296. The second-order valence-electron chi connectivity index (χ2n) is 4.21. The molecule has 0 spiro atoms. The van der Waals surface area contributed by atoms with Crippen LogP contribution in [-0.2, 0) is 30.2 Å². The van der Waals surface area contributed by atoms with E-state index in [1.807, 2.05) is 0 Å². The number of ketones is 1. The van der Waals surface area contributed by atoms with Gasteiger partial charge in [-0.3, -0.25) is 9.00 Å². The number of carbonyl (C=O) groups is 2. The standard InChI is InChI=1S/C3H7NO.C3H6O.C2H5NS.C2H6O2S.C2H6OS/c1-3(5)4-2;1-3(2)4;1-2(3)4;1-5(2,3)4;1-4(2)3/h1-2H3,(H,4,5);1-2H3;1H3,(H2,3,4);1-2H3;1-2H3. The number of carbonyl (C=O) groups excluding carboxylic acids is 2. The average Bonchev–Trinajstić information content (AvgIpc) is 2.11. The summed E-state index contributed by atoms with van der Waals surface area (Å²) in [6.07, 6.45) is 5.60. The molecule has 0 aliphatic rings. The van der Waals surface area contributed by atoms with Crippen LogP contribution in [0.2, 0.25) is 0 Å². The highest BCUT2D eigenvalue weighted by Gasteiger charge is 1.79. The van der Waals surface area contributed by atoms with E-state index in [-0.39, 0.29) is 11.7 Å². The van der Waals surface area contributed by atoms with E-state index < -0.39 is 20.6 Å². The number of hydrogen-bond donors (Lipinski definition) is 2. The fraction of sp³-hybridized carbons (Fsp3) is 0.750. The first-order valence-corrected chi connectivity index (χ1v) is 10.5. The summed E-state index contributed by atoms with van der Waals surface area (Å²) in [6.45, 7) is 6.20. The van der Waals surface area contributed by atoms with Gasteiger partial charge in [0.1, 0.15) is 15.6 Å². The largest absolute Gasteiger partial charge is 0.394 e. The molecule has 0 aliphatic carbocycles. The van der Waals surface area contributed by atoms with Crippen molar-refractivity contribution < 1.29 is 22.2 Å². The summed E-state index contributed by atoms with van der Waals surface area (Å²) in [5.41, 5.74) is 4.84. The molecule has 0 aromatic rings. The van der Waals surface area contributed by atoms with Gasteiger partial charge in [-0.1, -0.05) is 12.2 Å². The Balaban J connectivity index is -0.0000000550. The van der Waals surface area contributed by atoms with Gasteiger partial charge in [0.05, 0.1) is 4.99 Å². The van der Waals surface area contributed by atoms with E-state index in [2.05, 4.69) is 17.5 Å². The summed E-state index contributed by atoms with van der Waals surface area (Å²) in [5, 5.41) is 2.39. The molecule has 0 fully saturated rings. The lowest BCUT2D eigenvalue weighted by Gasteiger charge is -1.80. The molecule has 0 bridgehead atoms. The highest BCUT2D eigenvalue weighted by molar-refractivity contribution is 7.89. The Kier molecular flexibility index (Phi) is 33.5. The maximum absolute atomic E-state index is 9.70. The van der Waals surface area contributed by atoms with Gasteiger partial charge in [-0.05, 0) is 20.8 Å². The molecule has 0 radical (unpaired) electrons. The lowest BCUT2D eigenvalue weighted by atomic mass is 10.6. The van der Waals surface area contributed by atoms with E-state index in [9.17, 15) is 22.2 Å². The first-order chi connectivity index (χ1) is 9.47. The fourth-order valence-corrected chi connectivity index (χ4v) is 0. The minimum atomic E-state index is -2.67. The Hall–Kier alpha value is -0.870. The van der Waals surface area contributed by atoms with Crippen LogP contribution in [0.15, 0.2) is 0 Å². The zero-order valence-electron chi connectivity index (χ0n) is 14.8. The maximum Gasteiger partial charge on any atom is 0.216 e. The summed E-state index contributed by atoms with van der Waals surface area (Å²) in [6, 6.07) is 0. The molecule has 0 rings (SSSR count). The molecule has 7 nitrogen and oxygen atoms in total. The molecule has 0 saturated carbocycles. The molecular weight excluding hydrogens is 348 g/mol. The molecule has 0 aromatic heterocycles. The van der Waals surface area contributed by atoms with Gasteiger partial charge in [-0.25, -0.2) is 8.42 Å². The Morgan fingerprint density at radius 3 is 1.09 bits per heavy atom. The third kappa shape index (κ3) is 4920. The van der Waals surface area contributed by atoms with E-state index in [0.29, 0.717) is 4.99 Å². The maximum atomic E-state index is 9.70. The van der Waals surface area contributed by atoms with E-state index >= 15 is 0 Å². The van der Waals surface area contributed by atoms with Crippen LogP contribution in [0.5, 0.6) is 0 Å². The van der Waals surface area contributed by atoms with Crippen molar-refractivity contribution in [2.45, 2.75) is 27.7 Å². The second-order valence-corrected chi connectivity index (χ2v) is 8.62. The topological polar surface area (TPSA) is 123 Å². The summed E-state index contributed by atoms with van der Waals surface area (Å²) in [5.74, 6) is 0.171. The van der Waals surface area contributed by atoms with Gasteiger partial charge in [-0.2, -0.15) is 0 Å². The normalized spacial score (nSPS) is 8.09. The third-order valence-corrected chi connectivity index (χ3v) is 0.352. The number of Topliss-reactive ketones (excluding diaryl/α,β-unsaturated/α-hetero) is 1. The predicted molar refractivity (Wildman–Crippen MR) is 99.3 cm³/mol. The van der Waals surface area contributed by atoms with Crippen LogP contribution < -0.4 is 11.1 Å². The molecule has 0 atom stereocenters. The number of sulfone groups is 1. The van der Waals surface area contributed by atoms with E-state index in [0.717, 1.165) is 12.5 Å². The molecule has 0 aliphatic heterocycles. The van der Waals surface area contributed by atoms with Crippen molar-refractivity contribution in [3.63, 3.8) is 0 Å². The molecule has 22 heavy (non-hydrogen) atoms. The van der Waals surface area contributed by atoms with Gasteiger partial charge in [0, 0.05) is 49.8 Å². The van der Waals surface area contributed by atoms with Crippen molar-refractivity contribution in [1.82, 2.24) is 5.32 Å². The molecule has 0 heterocycles. The third-order valence-electron chi connectivity index (χ3n) is 0.352. The van der Waals surface area contributed by atoms with Crippen molar-refractivity contribution in [2.24, 2.45) is 5.73 Å². The average molecular weight is 379 g/mol. The zero-order chi connectivity index (χ0) is 19.5. The summed E-state index contributed by atoms with van der Waals surface area (Å²) >= 11 is 4.31. The molecule has 0 aromatic carbocycles. The Morgan fingerprint density at radius 2 is 1.09 bits per heavy atom. The smallest absolute Gasteiger partial charge is 0.216 e. The molecule has 0 saturated heterocycles. The molecule has 3 N–H and O–H groups in total. The van der Waals surface area contributed by atoms with Crippen LogP contribution in [0.3, 0.4) is 0 Å². The lowest BCUT2D eigenvalue weighted by molar-refractivity contribution is -0.118. The van der Waals surface area contributed by atoms with Crippen LogP contribution in [-0.4, -0.2) is 61.4 Å². The van der Waals surface area contributed by atoms with E-state index in [1.165, 1.54) is 20.8 Å². The van der Waals surface area contributed by atoms with E-state index in [1.54, 1.807) is 26.5 Å². The minimum Gasteiger partial charge on any atom is -0.394 e. The van der Waals surface area contributed by atoms with Gasteiger partial charge in [0.25, 0.3) is 0 Å². The highest BCUT2D eigenvalue weighted by Crippen LogP contribution is 1.61. The van der Waals surface area contributed by atoms with Crippen molar-refractivity contribution in [2.75, 3.05) is 32.1 Å². The fourth-order valence-electron chi connectivity index (χ4n) is 0. The number of rotatable bonds is 0. The Labute approximate surface area is 142 Å². The van der Waals surface area contributed by atoms with E-state index in [4.69, 9.17) is 5.73 Å². The zero-order valence-corrected chi connectivity index (χ0v) is 17.3. The Morgan fingerprint density at radius 1 is 1.05 bits per heavy atom. The number of amides is 1. The van der Waals surface area contributed by atoms with Crippen molar-refractivity contribution >= 4 is 49.5 Å². The second kappa shape index (κ2) is 22.4. The monoisotopic (exact) mass is 378 g/mol. The van der Waals surface area contributed by atoms with Gasteiger partial charge in [-0.15, -0.1) is 0 Å². The number of nitrogens with one attached hydrogen (secondary N) is 1. The first kappa shape index (κ1) is 32.9. The summed E-state index contributed by atoms with van der Waals surface area (Å²) < 4.78 is 28.8. The molecule has 10 heteroatoms. The lowest BCUT2D eigenvalue weighted by Crippen LogP contribution is -2.11. The molecule has 0 unspecified atom stereocenters. The van der Waals surface area contributed by atoms with Crippen LogP contribution >= 0.6 is 12.2 Å². The molecular formula is C12H30N2O5S3. The van der Waals surface area contributed by atoms with Crippen molar-refractivity contribution in [1.29, 1.82) is 0 Å². The SMILES string of the molecule is CC(C)=O.CC(N)=S.CNC(C)=O.CS(C)(=O)=O.CS(C)=O. The van der Waals surface area contributed by atoms with Gasteiger partial charge in [0.15, 0.2) is 0 Å². The van der Waals surface area contributed by atoms with Crippen LogP contribution in [0.25, 0.3) is 0 Å². The van der Waals surface area contributed by atoms with Gasteiger partial charge in [0.2, 0.25) is 5.91 Å². The van der Waals surface area contributed by atoms with Crippen LogP contribution in [0, 0.1) is 0 Å². The van der Waals surface area contributed by atoms with Crippen molar-refractivity contribution in [3.05, 3.63) is 0 Å². The number of nitrogens with two attached hydrogens (primary N) is 1. The quantitative estimate of drug-likeness (QED) is 0.581. The van der Waals surface area contributed by atoms with Gasteiger partial charge >= 0.3 is 0 Å². The first-order valence-electron chi connectivity index (χ1n) is 5.78. The van der Waals surface area contributed by atoms with Crippen molar-refractivity contribution in [3.8, 4) is 0 Å². The van der Waals surface area contributed by atoms with Crippen LogP contribution in [0.4, 0.5) is 0 Å². The molecule has 136 valence electrons. The number of hydrogen-bond acceptors (Lipinski definition) is 6. The van der Waals surface area contributed by atoms with Crippen LogP contribution in [0.1, 0.15) is 27.7 Å².